The van der Waals surface area contributed by atoms with Crippen molar-refractivity contribution in [3.8, 4) is 0 Å². The smallest absolute Gasteiger partial charge is 0.338 e. The van der Waals surface area contributed by atoms with Crippen LogP contribution >= 0.6 is 0 Å². The number of esters is 1. The van der Waals surface area contributed by atoms with Crippen molar-refractivity contribution in [2.75, 3.05) is 19.0 Å². The monoisotopic (exact) mass is 368 g/mol. The molecule has 0 aliphatic heterocycles. The van der Waals surface area contributed by atoms with Gasteiger partial charge in [-0.1, -0.05) is 32.0 Å². The van der Waals surface area contributed by atoms with E-state index in [0.29, 0.717) is 22.7 Å². The van der Waals surface area contributed by atoms with Crippen LogP contribution in [0.4, 0.5) is 5.69 Å². The maximum absolute atomic E-state index is 12.1. The van der Waals surface area contributed by atoms with Gasteiger partial charge in [-0.15, -0.1) is 0 Å². The third-order valence-corrected chi connectivity index (χ3v) is 3.80. The van der Waals surface area contributed by atoms with Crippen LogP contribution in [0, 0.1) is 5.92 Å². The van der Waals surface area contributed by atoms with Crippen molar-refractivity contribution in [3.05, 3.63) is 65.2 Å². The molecule has 2 rings (SSSR count). The molecule has 0 aliphatic rings. The fourth-order valence-electron chi connectivity index (χ4n) is 2.54. The van der Waals surface area contributed by atoms with Crippen LogP contribution in [-0.2, 0) is 16.0 Å². The molecule has 2 aromatic carbocycles. The molecule has 0 aliphatic carbocycles. The highest BCUT2D eigenvalue weighted by Crippen LogP contribution is 2.12. The Bertz CT molecular complexity index is 813. The average molecular weight is 368 g/mol. The lowest BCUT2D eigenvalue weighted by molar-refractivity contribution is -0.119. The van der Waals surface area contributed by atoms with Gasteiger partial charge in [-0.05, 0) is 48.2 Å². The summed E-state index contributed by atoms with van der Waals surface area (Å²) in [5.41, 5.74) is 2.43. The van der Waals surface area contributed by atoms with E-state index >= 15 is 0 Å². The topological polar surface area (TPSA) is 84.5 Å². The molecule has 0 radical (unpaired) electrons. The number of hydrogen-bond acceptors (Lipinski definition) is 4. The van der Waals surface area contributed by atoms with Crippen LogP contribution in [-0.4, -0.2) is 31.4 Å². The molecule has 2 amide bonds. The SMILES string of the molecule is CNC(=O)c1cccc(NC(=O)COC(=O)c2ccc(CC(C)C)cc2)c1. The van der Waals surface area contributed by atoms with Crippen LogP contribution in [0.1, 0.15) is 40.1 Å². The average Bonchev–Trinajstić information content (AvgIpc) is 2.65. The third-order valence-electron chi connectivity index (χ3n) is 3.80. The van der Waals surface area contributed by atoms with E-state index in [2.05, 4.69) is 24.5 Å². The molecule has 0 aromatic heterocycles. The Balaban J connectivity index is 1.88. The van der Waals surface area contributed by atoms with Gasteiger partial charge in [0.05, 0.1) is 5.56 Å². The van der Waals surface area contributed by atoms with Gasteiger partial charge < -0.3 is 15.4 Å². The summed E-state index contributed by atoms with van der Waals surface area (Å²) in [7, 11) is 1.53. The fraction of sp³-hybridized carbons (Fsp3) is 0.286. The number of hydrogen-bond donors (Lipinski definition) is 2. The van der Waals surface area contributed by atoms with E-state index in [-0.39, 0.29) is 5.91 Å². The van der Waals surface area contributed by atoms with Gasteiger partial charge in [0.2, 0.25) is 0 Å². The Morgan fingerprint density at radius 2 is 1.70 bits per heavy atom. The van der Waals surface area contributed by atoms with Gasteiger partial charge >= 0.3 is 5.97 Å². The molecule has 0 unspecified atom stereocenters. The Labute approximate surface area is 158 Å². The van der Waals surface area contributed by atoms with Gasteiger partial charge in [0, 0.05) is 18.3 Å². The first-order valence-electron chi connectivity index (χ1n) is 8.77. The van der Waals surface area contributed by atoms with Gasteiger partial charge in [0.25, 0.3) is 11.8 Å². The second-order valence-corrected chi connectivity index (χ2v) is 6.58. The molecule has 142 valence electrons. The highest BCUT2D eigenvalue weighted by molar-refractivity contribution is 5.98. The Kier molecular flexibility index (Phi) is 7.11. The second kappa shape index (κ2) is 9.52. The fourth-order valence-corrected chi connectivity index (χ4v) is 2.54. The molecule has 0 bridgehead atoms. The second-order valence-electron chi connectivity index (χ2n) is 6.58. The van der Waals surface area contributed by atoms with E-state index in [1.54, 1.807) is 36.4 Å². The molecule has 6 heteroatoms. The molecule has 2 aromatic rings. The molecule has 2 N–H and O–H groups in total. The van der Waals surface area contributed by atoms with Gasteiger partial charge in [0.15, 0.2) is 6.61 Å². The number of nitrogens with one attached hydrogen (secondary N) is 2. The van der Waals surface area contributed by atoms with E-state index in [1.165, 1.54) is 7.05 Å². The first kappa shape index (κ1) is 20.2. The van der Waals surface area contributed by atoms with E-state index in [9.17, 15) is 14.4 Å². The van der Waals surface area contributed by atoms with Crippen molar-refractivity contribution in [2.45, 2.75) is 20.3 Å². The third kappa shape index (κ3) is 6.26. The van der Waals surface area contributed by atoms with Crippen molar-refractivity contribution >= 4 is 23.5 Å². The lowest BCUT2D eigenvalue weighted by Gasteiger charge is -2.09. The summed E-state index contributed by atoms with van der Waals surface area (Å²) in [5, 5.41) is 5.12. The molecule has 6 nitrogen and oxygen atoms in total. The largest absolute Gasteiger partial charge is 0.452 e. The number of rotatable bonds is 7. The molecular weight excluding hydrogens is 344 g/mol. The van der Waals surface area contributed by atoms with Gasteiger partial charge in [-0.3, -0.25) is 9.59 Å². The molecule has 0 heterocycles. The van der Waals surface area contributed by atoms with Crippen molar-refractivity contribution in [1.82, 2.24) is 5.32 Å². The number of ether oxygens (including phenoxy) is 1. The summed E-state index contributed by atoms with van der Waals surface area (Å²) >= 11 is 0. The van der Waals surface area contributed by atoms with Crippen molar-refractivity contribution in [2.24, 2.45) is 5.92 Å². The minimum atomic E-state index is -0.555. The summed E-state index contributed by atoms with van der Waals surface area (Å²) in [5.74, 6) is -0.749. The van der Waals surface area contributed by atoms with Gasteiger partial charge in [-0.25, -0.2) is 4.79 Å². The van der Waals surface area contributed by atoms with Crippen molar-refractivity contribution in [1.29, 1.82) is 0 Å². The maximum Gasteiger partial charge on any atom is 0.338 e. The van der Waals surface area contributed by atoms with E-state index < -0.39 is 18.5 Å². The Morgan fingerprint density at radius 1 is 1.00 bits per heavy atom. The summed E-state index contributed by atoms with van der Waals surface area (Å²) in [6, 6.07) is 13.7. The van der Waals surface area contributed by atoms with Crippen LogP contribution in [0.2, 0.25) is 0 Å². The maximum atomic E-state index is 12.1. The zero-order chi connectivity index (χ0) is 19.8. The molecule has 0 saturated heterocycles. The summed E-state index contributed by atoms with van der Waals surface area (Å²) in [4.78, 5) is 35.7. The summed E-state index contributed by atoms with van der Waals surface area (Å²) in [6.07, 6.45) is 0.937. The lowest BCUT2D eigenvalue weighted by atomic mass is 10.0. The van der Waals surface area contributed by atoms with Crippen LogP contribution in [0.25, 0.3) is 0 Å². The van der Waals surface area contributed by atoms with Gasteiger partial charge in [-0.2, -0.15) is 0 Å². The van der Waals surface area contributed by atoms with E-state index in [4.69, 9.17) is 4.74 Å². The number of carbonyl (C=O) groups is 3. The predicted molar refractivity (Wildman–Crippen MR) is 104 cm³/mol. The first-order chi connectivity index (χ1) is 12.9. The molecule has 27 heavy (non-hydrogen) atoms. The van der Waals surface area contributed by atoms with Crippen LogP contribution in [0.5, 0.6) is 0 Å². The van der Waals surface area contributed by atoms with E-state index in [1.807, 2.05) is 12.1 Å². The number of carbonyl (C=O) groups excluding carboxylic acids is 3. The quantitative estimate of drug-likeness (QED) is 0.736. The zero-order valence-electron chi connectivity index (χ0n) is 15.7. The summed E-state index contributed by atoms with van der Waals surface area (Å²) in [6.45, 7) is 3.85. The standard InChI is InChI=1S/C21H24N2O4/c1-14(2)11-15-7-9-16(10-8-15)21(26)27-13-19(24)23-18-6-4-5-17(12-18)20(25)22-3/h4-10,12,14H,11,13H2,1-3H3,(H,22,25)(H,23,24). The van der Waals surface area contributed by atoms with Crippen molar-refractivity contribution in [3.63, 3.8) is 0 Å². The minimum absolute atomic E-state index is 0.251. The molecule has 0 spiro atoms. The molecule has 0 atom stereocenters. The van der Waals surface area contributed by atoms with Crippen LogP contribution in [0.3, 0.4) is 0 Å². The van der Waals surface area contributed by atoms with Gasteiger partial charge in [0.1, 0.15) is 0 Å². The minimum Gasteiger partial charge on any atom is -0.452 e. The molecule has 0 saturated carbocycles. The zero-order valence-corrected chi connectivity index (χ0v) is 15.7. The normalized spacial score (nSPS) is 10.4. The highest BCUT2D eigenvalue weighted by atomic mass is 16.5. The number of benzene rings is 2. The van der Waals surface area contributed by atoms with Crippen LogP contribution < -0.4 is 10.6 Å². The predicted octanol–water partition coefficient (Wildman–Crippen LogP) is 3.04. The number of amides is 2. The van der Waals surface area contributed by atoms with Crippen molar-refractivity contribution < 1.29 is 19.1 Å². The summed E-state index contributed by atoms with van der Waals surface area (Å²) < 4.78 is 5.05. The first-order valence-corrected chi connectivity index (χ1v) is 8.77. The molecule has 0 fully saturated rings. The molecular formula is C21H24N2O4. The Hall–Kier alpha value is -3.15. The number of anilines is 1. The lowest BCUT2D eigenvalue weighted by Crippen LogP contribution is -2.22. The van der Waals surface area contributed by atoms with Crippen LogP contribution in [0.15, 0.2) is 48.5 Å². The Morgan fingerprint density at radius 3 is 2.33 bits per heavy atom. The highest BCUT2D eigenvalue weighted by Gasteiger charge is 2.11. The van der Waals surface area contributed by atoms with E-state index in [0.717, 1.165) is 12.0 Å².